The van der Waals surface area contributed by atoms with Gasteiger partial charge in [-0.05, 0) is 17.2 Å². The van der Waals surface area contributed by atoms with E-state index in [0.29, 0.717) is 17.0 Å². The Labute approximate surface area is 66.4 Å². The van der Waals surface area contributed by atoms with E-state index >= 15 is 0 Å². The standard InChI is InChI=1S/C5H3ClN4O/c1-2-7-4(6)3-5(8-2)10-11-9-3/h1H3. The van der Waals surface area contributed by atoms with Gasteiger partial charge in [-0.25, -0.2) is 14.6 Å². The molecule has 0 amide bonds. The van der Waals surface area contributed by atoms with E-state index in [4.69, 9.17) is 11.6 Å². The second-order valence-electron chi connectivity index (χ2n) is 2.00. The summed E-state index contributed by atoms with van der Waals surface area (Å²) < 4.78 is 4.41. The maximum atomic E-state index is 5.69. The van der Waals surface area contributed by atoms with Gasteiger partial charge in [0.05, 0.1) is 0 Å². The maximum absolute atomic E-state index is 5.69. The molecule has 0 unspecified atom stereocenters. The highest BCUT2D eigenvalue weighted by molar-refractivity contribution is 6.33. The largest absolute Gasteiger partial charge is 0.242 e. The molecule has 11 heavy (non-hydrogen) atoms. The van der Waals surface area contributed by atoms with Crippen molar-refractivity contribution in [2.75, 3.05) is 0 Å². The lowest BCUT2D eigenvalue weighted by Crippen LogP contribution is -1.88. The minimum atomic E-state index is 0.272. The van der Waals surface area contributed by atoms with E-state index in [9.17, 15) is 0 Å². The molecule has 0 N–H and O–H groups in total. The van der Waals surface area contributed by atoms with Crippen molar-refractivity contribution in [3.05, 3.63) is 11.0 Å². The third kappa shape index (κ3) is 0.932. The monoisotopic (exact) mass is 170 g/mol. The van der Waals surface area contributed by atoms with Gasteiger partial charge in [0.25, 0.3) is 0 Å². The second-order valence-corrected chi connectivity index (χ2v) is 2.36. The lowest BCUT2D eigenvalue weighted by molar-refractivity contribution is 0.314. The molecule has 0 aliphatic heterocycles. The maximum Gasteiger partial charge on any atom is 0.229 e. The summed E-state index contributed by atoms with van der Waals surface area (Å²) in [5.41, 5.74) is 0.791. The van der Waals surface area contributed by atoms with Gasteiger partial charge in [0, 0.05) is 0 Å². The molecule has 0 aromatic carbocycles. The summed E-state index contributed by atoms with van der Waals surface area (Å²) in [5, 5.41) is 7.31. The highest BCUT2D eigenvalue weighted by atomic mass is 35.5. The van der Waals surface area contributed by atoms with E-state index in [-0.39, 0.29) is 5.15 Å². The first kappa shape index (κ1) is 6.48. The quantitative estimate of drug-likeness (QED) is 0.552. The SMILES string of the molecule is Cc1nc(Cl)c2nonc2n1. The van der Waals surface area contributed by atoms with Gasteiger partial charge in [0.15, 0.2) is 10.7 Å². The van der Waals surface area contributed by atoms with Gasteiger partial charge < -0.3 is 0 Å². The number of aromatic nitrogens is 4. The van der Waals surface area contributed by atoms with E-state index in [1.807, 2.05) is 0 Å². The topological polar surface area (TPSA) is 64.7 Å². The van der Waals surface area contributed by atoms with Crippen molar-refractivity contribution in [1.82, 2.24) is 20.3 Å². The summed E-state index contributed by atoms with van der Waals surface area (Å²) >= 11 is 5.69. The molecular weight excluding hydrogens is 168 g/mol. The van der Waals surface area contributed by atoms with Crippen molar-refractivity contribution in [2.24, 2.45) is 0 Å². The Morgan fingerprint density at radius 1 is 1.27 bits per heavy atom. The fourth-order valence-corrected chi connectivity index (χ4v) is 1.00. The van der Waals surface area contributed by atoms with E-state index in [0.717, 1.165) is 0 Å². The Hall–Kier alpha value is -1.23. The lowest BCUT2D eigenvalue weighted by Gasteiger charge is -1.89. The fourth-order valence-electron chi connectivity index (χ4n) is 0.761. The molecule has 0 aliphatic rings. The van der Waals surface area contributed by atoms with Gasteiger partial charge in [-0.15, -0.1) is 0 Å². The average Bonchev–Trinajstić information content (AvgIpc) is 2.34. The molecule has 2 rings (SSSR count). The number of fused-ring (bicyclic) bond motifs is 1. The molecule has 0 saturated carbocycles. The van der Waals surface area contributed by atoms with Crippen molar-refractivity contribution < 1.29 is 4.63 Å². The summed E-state index contributed by atoms with van der Waals surface area (Å²) in [4.78, 5) is 7.80. The third-order valence-corrected chi connectivity index (χ3v) is 1.46. The zero-order chi connectivity index (χ0) is 7.84. The Morgan fingerprint density at radius 3 is 2.91 bits per heavy atom. The molecule has 0 aliphatic carbocycles. The van der Waals surface area contributed by atoms with Crippen LogP contribution in [0.2, 0.25) is 5.15 Å². The van der Waals surface area contributed by atoms with E-state index in [2.05, 4.69) is 24.9 Å². The minimum absolute atomic E-state index is 0.272. The van der Waals surface area contributed by atoms with Crippen LogP contribution in [0, 0.1) is 6.92 Å². The molecule has 0 spiro atoms. The van der Waals surface area contributed by atoms with Crippen LogP contribution in [0.25, 0.3) is 11.2 Å². The van der Waals surface area contributed by atoms with Crippen molar-refractivity contribution in [3.8, 4) is 0 Å². The molecule has 56 valence electrons. The molecule has 2 heterocycles. The normalized spacial score (nSPS) is 10.7. The zero-order valence-electron chi connectivity index (χ0n) is 5.58. The van der Waals surface area contributed by atoms with Crippen molar-refractivity contribution in [1.29, 1.82) is 0 Å². The second kappa shape index (κ2) is 2.13. The van der Waals surface area contributed by atoms with Crippen LogP contribution in [-0.2, 0) is 0 Å². The van der Waals surface area contributed by atoms with Crippen molar-refractivity contribution in [2.45, 2.75) is 6.92 Å². The summed E-state index contributed by atoms with van der Waals surface area (Å²) in [5.74, 6) is 0.554. The highest BCUT2D eigenvalue weighted by Gasteiger charge is 2.07. The molecule has 5 nitrogen and oxygen atoms in total. The first-order chi connectivity index (χ1) is 5.27. The summed E-state index contributed by atoms with van der Waals surface area (Å²) in [6, 6.07) is 0. The smallest absolute Gasteiger partial charge is 0.229 e. The highest BCUT2D eigenvalue weighted by Crippen LogP contribution is 2.15. The van der Waals surface area contributed by atoms with Crippen LogP contribution in [0.1, 0.15) is 5.82 Å². The Balaban J connectivity index is 2.91. The summed E-state index contributed by atoms with van der Waals surface area (Å²) in [6.45, 7) is 1.72. The van der Waals surface area contributed by atoms with Crippen LogP contribution in [0.15, 0.2) is 4.63 Å². The number of hydrogen-bond donors (Lipinski definition) is 0. The average molecular weight is 171 g/mol. The third-order valence-electron chi connectivity index (χ3n) is 1.19. The Morgan fingerprint density at radius 2 is 2.09 bits per heavy atom. The van der Waals surface area contributed by atoms with Crippen LogP contribution in [-0.4, -0.2) is 20.3 Å². The Kier molecular flexibility index (Phi) is 1.25. The molecule has 6 heteroatoms. The molecule has 0 radical (unpaired) electrons. The molecule has 2 aromatic heterocycles. The van der Waals surface area contributed by atoms with Crippen LogP contribution < -0.4 is 0 Å². The molecule has 2 aromatic rings. The van der Waals surface area contributed by atoms with Gasteiger partial charge in [-0.3, -0.25) is 0 Å². The van der Waals surface area contributed by atoms with Gasteiger partial charge in [0.2, 0.25) is 5.65 Å². The number of rotatable bonds is 0. The number of aryl methyl sites for hydroxylation is 1. The zero-order valence-corrected chi connectivity index (χ0v) is 6.33. The van der Waals surface area contributed by atoms with Crippen molar-refractivity contribution in [3.63, 3.8) is 0 Å². The van der Waals surface area contributed by atoms with Gasteiger partial charge in [-0.2, -0.15) is 0 Å². The molecule has 0 saturated heterocycles. The first-order valence-electron chi connectivity index (χ1n) is 2.90. The first-order valence-corrected chi connectivity index (χ1v) is 3.27. The van der Waals surface area contributed by atoms with Crippen LogP contribution in [0.3, 0.4) is 0 Å². The Bertz CT molecular complexity index is 398. The predicted molar refractivity (Wildman–Crippen MR) is 37.1 cm³/mol. The predicted octanol–water partition coefficient (Wildman–Crippen LogP) is 0.975. The van der Waals surface area contributed by atoms with Crippen LogP contribution in [0.5, 0.6) is 0 Å². The number of halogens is 1. The van der Waals surface area contributed by atoms with E-state index in [1.165, 1.54) is 0 Å². The number of nitrogens with zero attached hydrogens (tertiary/aromatic N) is 4. The molecular formula is C5H3ClN4O. The number of hydrogen-bond acceptors (Lipinski definition) is 5. The molecule has 0 fully saturated rings. The van der Waals surface area contributed by atoms with E-state index in [1.54, 1.807) is 6.92 Å². The lowest BCUT2D eigenvalue weighted by atomic mass is 10.5. The summed E-state index contributed by atoms with van der Waals surface area (Å²) in [6.07, 6.45) is 0. The minimum Gasteiger partial charge on any atom is -0.242 e. The van der Waals surface area contributed by atoms with Gasteiger partial charge >= 0.3 is 0 Å². The van der Waals surface area contributed by atoms with Gasteiger partial charge in [0.1, 0.15) is 5.82 Å². The summed E-state index contributed by atoms with van der Waals surface area (Å²) in [7, 11) is 0. The van der Waals surface area contributed by atoms with Gasteiger partial charge in [-0.1, -0.05) is 11.6 Å². The molecule has 0 bridgehead atoms. The van der Waals surface area contributed by atoms with Crippen LogP contribution in [0.4, 0.5) is 0 Å². The van der Waals surface area contributed by atoms with E-state index < -0.39 is 0 Å². The van der Waals surface area contributed by atoms with Crippen LogP contribution >= 0.6 is 11.6 Å². The molecule has 0 atom stereocenters. The van der Waals surface area contributed by atoms with Crippen molar-refractivity contribution >= 4 is 22.8 Å². The fraction of sp³-hybridized carbons (Fsp3) is 0.200.